The molecule has 0 radical (unpaired) electrons. The number of para-hydroxylation sites is 1. The predicted molar refractivity (Wildman–Crippen MR) is 113 cm³/mol. The zero-order chi connectivity index (χ0) is 20.2. The van der Waals surface area contributed by atoms with Gasteiger partial charge in [-0.05, 0) is 29.7 Å². The molecule has 6 heteroatoms. The summed E-state index contributed by atoms with van der Waals surface area (Å²) in [4.78, 5) is 24.9. The lowest BCUT2D eigenvalue weighted by Gasteiger charge is -2.11. The fourth-order valence-electron chi connectivity index (χ4n) is 3.22. The number of anilines is 1. The number of hydrogen-bond donors (Lipinski definition) is 1. The van der Waals surface area contributed by atoms with Crippen LogP contribution in [0.4, 0.5) is 5.69 Å². The van der Waals surface area contributed by atoms with Crippen molar-refractivity contribution in [1.82, 2.24) is 9.78 Å². The molecule has 29 heavy (non-hydrogen) atoms. The molecule has 4 rings (SSSR count). The Morgan fingerprint density at radius 3 is 2.59 bits per heavy atom. The maximum atomic E-state index is 12.6. The number of nitrogens with zero attached hydrogens (tertiary/aromatic N) is 2. The third-order valence-electron chi connectivity index (χ3n) is 4.61. The summed E-state index contributed by atoms with van der Waals surface area (Å²) in [5.74, 6) is 0.318. The van der Waals surface area contributed by atoms with Crippen LogP contribution < -0.4 is 15.6 Å². The minimum atomic E-state index is -0.350. The van der Waals surface area contributed by atoms with Crippen molar-refractivity contribution in [3.8, 4) is 17.0 Å². The summed E-state index contributed by atoms with van der Waals surface area (Å²) in [7, 11) is 1.58. The first-order chi connectivity index (χ1) is 14.2. The Morgan fingerprint density at radius 1 is 0.966 bits per heavy atom. The van der Waals surface area contributed by atoms with E-state index in [0.717, 1.165) is 21.0 Å². The minimum Gasteiger partial charge on any atom is -0.496 e. The van der Waals surface area contributed by atoms with Gasteiger partial charge in [-0.3, -0.25) is 9.59 Å². The highest BCUT2D eigenvalue weighted by molar-refractivity contribution is 6.01. The average Bonchev–Trinajstić information content (AvgIpc) is 2.75. The monoisotopic (exact) mass is 385 g/mol. The summed E-state index contributed by atoms with van der Waals surface area (Å²) in [5.41, 5.74) is 1.65. The minimum absolute atomic E-state index is 0.189. The molecule has 1 N–H and O–H groups in total. The van der Waals surface area contributed by atoms with Crippen molar-refractivity contribution in [3.05, 3.63) is 89.2 Å². The smallest absolute Gasteiger partial charge is 0.267 e. The number of ether oxygens (including phenoxy) is 1. The molecule has 6 nitrogen and oxygen atoms in total. The molecule has 0 aliphatic carbocycles. The van der Waals surface area contributed by atoms with Gasteiger partial charge in [-0.15, -0.1) is 0 Å². The zero-order valence-corrected chi connectivity index (χ0v) is 15.8. The molecule has 0 bridgehead atoms. The number of rotatable bonds is 5. The molecule has 0 aliphatic heterocycles. The molecule has 0 fully saturated rings. The topological polar surface area (TPSA) is 73.2 Å². The second-order valence-corrected chi connectivity index (χ2v) is 6.49. The average molecular weight is 385 g/mol. The van der Waals surface area contributed by atoms with Crippen LogP contribution in [0, 0.1) is 0 Å². The van der Waals surface area contributed by atoms with E-state index in [-0.39, 0.29) is 18.0 Å². The van der Waals surface area contributed by atoms with Crippen molar-refractivity contribution in [1.29, 1.82) is 0 Å². The number of amides is 1. The Morgan fingerprint density at radius 2 is 1.72 bits per heavy atom. The summed E-state index contributed by atoms with van der Waals surface area (Å²) < 4.78 is 6.52. The van der Waals surface area contributed by atoms with Gasteiger partial charge in [0, 0.05) is 22.7 Å². The van der Waals surface area contributed by atoms with Crippen molar-refractivity contribution in [2.24, 2.45) is 0 Å². The van der Waals surface area contributed by atoms with E-state index in [0.29, 0.717) is 17.1 Å². The van der Waals surface area contributed by atoms with Gasteiger partial charge < -0.3 is 10.1 Å². The van der Waals surface area contributed by atoms with Gasteiger partial charge in [0.05, 0.1) is 12.8 Å². The lowest BCUT2D eigenvalue weighted by molar-refractivity contribution is -0.117. The summed E-state index contributed by atoms with van der Waals surface area (Å²) in [6.45, 7) is -0.189. The fraction of sp³-hybridized carbons (Fsp3) is 0.0870. The van der Waals surface area contributed by atoms with Crippen molar-refractivity contribution < 1.29 is 9.53 Å². The standard InChI is InChI=1S/C23H19N3O3/c1-29-21-12-5-4-10-18(21)20-13-14-23(28)26(25-20)15-22(27)24-19-11-6-8-16-7-2-3-9-17(16)19/h2-14H,15H2,1H3,(H,24,27). The third kappa shape index (κ3) is 3.87. The molecule has 0 spiro atoms. The lowest BCUT2D eigenvalue weighted by Crippen LogP contribution is -2.29. The Kier molecular flexibility index (Phi) is 5.07. The maximum Gasteiger partial charge on any atom is 0.267 e. The van der Waals surface area contributed by atoms with Gasteiger partial charge >= 0.3 is 0 Å². The number of carbonyl (C=O) groups excluding carboxylic acids is 1. The van der Waals surface area contributed by atoms with Crippen molar-refractivity contribution >= 4 is 22.4 Å². The molecular formula is C23H19N3O3. The highest BCUT2D eigenvalue weighted by Crippen LogP contribution is 2.27. The van der Waals surface area contributed by atoms with E-state index in [4.69, 9.17) is 4.74 Å². The predicted octanol–water partition coefficient (Wildman–Crippen LogP) is 3.71. The SMILES string of the molecule is COc1ccccc1-c1ccc(=O)n(CC(=O)Nc2cccc3ccccc23)n1. The van der Waals surface area contributed by atoms with Gasteiger partial charge in [-0.1, -0.05) is 48.5 Å². The first-order valence-corrected chi connectivity index (χ1v) is 9.15. The van der Waals surface area contributed by atoms with Crippen molar-refractivity contribution in [3.63, 3.8) is 0 Å². The second-order valence-electron chi connectivity index (χ2n) is 6.49. The number of hydrogen-bond acceptors (Lipinski definition) is 4. The van der Waals surface area contributed by atoms with E-state index < -0.39 is 0 Å². The van der Waals surface area contributed by atoms with Crippen LogP contribution in [0.2, 0.25) is 0 Å². The Labute approximate surface area is 167 Å². The molecule has 0 saturated heterocycles. The Bertz CT molecular complexity index is 1240. The Balaban J connectivity index is 1.61. The molecule has 0 atom stereocenters. The molecule has 4 aromatic rings. The molecule has 0 unspecified atom stereocenters. The van der Waals surface area contributed by atoms with Gasteiger partial charge in [0.15, 0.2) is 0 Å². The van der Waals surface area contributed by atoms with E-state index in [9.17, 15) is 9.59 Å². The second kappa shape index (κ2) is 7.98. The highest BCUT2D eigenvalue weighted by Gasteiger charge is 2.12. The van der Waals surface area contributed by atoms with Crippen LogP contribution in [0.25, 0.3) is 22.0 Å². The van der Waals surface area contributed by atoms with Crippen LogP contribution in [0.3, 0.4) is 0 Å². The number of methoxy groups -OCH3 is 1. The van der Waals surface area contributed by atoms with Gasteiger partial charge in [0.1, 0.15) is 12.3 Å². The van der Waals surface area contributed by atoms with Crippen LogP contribution in [0.5, 0.6) is 5.75 Å². The maximum absolute atomic E-state index is 12.6. The van der Waals surface area contributed by atoms with E-state index in [1.54, 1.807) is 13.2 Å². The molecule has 1 heterocycles. The summed E-state index contributed by atoms with van der Waals surface area (Å²) in [5, 5.41) is 9.20. The van der Waals surface area contributed by atoms with E-state index in [2.05, 4.69) is 10.4 Å². The summed E-state index contributed by atoms with van der Waals surface area (Å²) >= 11 is 0. The lowest BCUT2D eigenvalue weighted by atomic mass is 10.1. The molecule has 0 saturated carbocycles. The quantitative estimate of drug-likeness (QED) is 0.568. The third-order valence-corrected chi connectivity index (χ3v) is 4.61. The van der Waals surface area contributed by atoms with Gasteiger partial charge in [-0.2, -0.15) is 5.10 Å². The number of benzene rings is 3. The van der Waals surface area contributed by atoms with E-state index in [1.165, 1.54) is 6.07 Å². The Hall–Kier alpha value is -3.93. The summed E-state index contributed by atoms with van der Waals surface area (Å²) in [6, 6.07) is 23.9. The van der Waals surface area contributed by atoms with E-state index in [1.807, 2.05) is 66.7 Å². The molecule has 0 aliphatic rings. The first-order valence-electron chi connectivity index (χ1n) is 9.15. The van der Waals surface area contributed by atoms with Crippen molar-refractivity contribution in [2.75, 3.05) is 12.4 Å². The van der Waals surface area contributed by atoms with Crippen LogP contribution in [-0.2, 0) is 11.3 Å². The summed E-state index contributed by atoms with van der Waals surface area (Å²) in [6.07, 6.45) is 0. The molecule has 1 amide bonds. The largest absolute Gasteiger partial charge is 0.496 e. The zero-order valence-electron chi connectivity index (χ0n) is 15.8. The highest BCUT2D eigenvalue weighted by atomic mass is 16.5. The fourth-order valence-corrected chi connectivity index (χ4v) is 3.22. The van der Waals surface area contributed by atoms with Gasteiger partial charge in [0.2, 0.25) is 5.91 Å². The van der Waals surface area contributed by atoms with E-state index >= 15 is 0 Å². The number of carbonyl (C=O) groups is 1. The molecule has 144 valence electrons. The molecule has 1 aromatic heterocycles. The van der Waals surface area contributed by atoms with Gasteiger partial charge in [-0.25, -0.2) is 4.68 Å². The van der Waals surface area contributed by atoms with Crippen LogP contribution >= 0.6 is 0 Å². The van der Waals surface area contributed by atoms with Crippen LogP contribution in [-0.4, -0.2) is 22.8 Å². The number of nitrogens with one attached hydrogen (secondary N) is 1. The number of aromatic nitrogens is 2. The molecular weight excluding hydrogens is 366 g/mol. The normalized spacial score (nSPS) is 10.7. The van der Waals surface area contributed by atoms with Crippen LogP contribution in [0.15, 0.2) is 83.7 Å². The van der Waals surface area contributed by atoms with Gasteiger partial charge in [0.25, 0.3) is 5.56 Å². The first kappa shape index (κ1) is 18.4. The van der Waals surface area contributed by atoms with Crippen molar-refractivity contribution in [2.45, 2.75) is 6.54 Å². The van der Waals surface area contributed by atoms with Crippen LogP contribution in [0.1, 0.15) is 0 Å². The molecule has 3 aromatic carbocycles. The number of fused-ring (bicyclic) bond motifs is 1.